The number of rotatable bonds is 2. The number of anilines is 1. The van der Waals surface area contributed by atoms with E-state index < -0.39 is 26.6 Å². The third-order valence-electron chi connectivity index (χ3n) is 3.74. The lowest BCUT2D eigenvalue weighted by molar-refractivity contribution is 0.195. The number of piperidine rings is 1. The molecule has 1 fully saturated rings. The van der Waals surface area contributed by atoms with Crippen molar-refractivity contribution in [3.05, 3.63) is 23.8 Å². The van der Waals surface area contributed by atoms with Crippen molar-refractivity contribution in [1.82, 2.24) is 4.31 Å². The maximum atomic E-state index is 13.7. The van der Waals surface area contributed by atoms with E-state index in [9.17, 15) is 17.2 Å². The van der Waals surface area contributed by atoms with Crippen LogP contribution in [0.25, 0.3) is 0 Å². The fourth-order valence-electron chi connectivity index (χ4n) is 2.21. The van der Waals surface area contributed by atoms with Crippen LogP contribution in [0.5, 0.6) is 0 Å². The van der Waals surface area contributed by atoms with Gasteiger partial charge in [-0.3, -0.25) is 0 Å². The van der Waals surface area contributed by atoms with Gasteiger partial charge < -0.3 is 5.73 Å². The van der Waals surface area contributed by atoms with Gasteiger partial charge in [-0.15, -0.1) is 0 Å². The minimum Gasteiger partial charge on any atom is -0.396 e. The third-order valence-corrected chi connectivity index (χ3v) is 5.66. The Labute approximate surface area is 117 Å². The van der Waals surface area contributed by atoms with Crippen molar-refractivity contribution in [3.63, 3.8) is 0 Å². The van der Waals surface area contributed by atoms with E-state index in [1.807, 2.05) is 0 Å². The van der Waals surface area contributed by atoms with Crippen LogP contribution in [0, 0.1) is 17.0 Å². The topological polar surface area (TPSA) is 63.4 Å². The highest BCUT2D eigenvalue weighted by Gasteiger charge is 2.34. The molecule has 1 aliphatic rings. The van der Waals surface area contributed by atoms with E-state index in [4.69, 9.17) is 5.73 Å². The largest absolute Gasteiger partial charge is 0.396 e. The van der Waals surface area contributed by atoms with Gasteiger partial charge in [0, 0.05) is 19.2 Å². The van der Waals surface area contributed by atoms with Crippen LogP contribution in [0.2, 0.25) is 0 Å². The van der Waals surface area contributed by atoms with Crippen LogP contribution in [0.3, 0.4) is 0 Å². The van der Waals surface area contributed by atoms with Gasteiger partial charge in [-0.25, -0.2) is 17.2 Å². The molecule has 0 bridgehead atoms. The Morgan fingerprint density at radius 1 is 1.15 bits per heavy atom. The molecule has 0 aliphatic carbocycles. The molecule has 0 aromatic heterocycles. The lowest BCUT2D eigenvalue weighted by Gasteiger charge is -2.36. The molecule has 0 unspecified atom stereocenters. The highest BCUT2D eigenvalue weighted by Crippen LogP contribution is 2.33. The molecule has 0 spiro atoms. The minimum atomic E-state index is -3.97. The fourth-order valence-corrected chi connectivity index (χ4v) is 3.74. The van der Waals surface area contributed by atoms with Gasteiger partial charge in [0.2, 0.25) is 10.0 Å². The molecule has 2 rings (SSSR count). The predicted molar refractivity (Wildman–Crippen MR) is 72.5 cm³/mol. The van der Waals surface area contributed by atoms with Gasteiger partial charge in [0.25, 0.3) is 0 Å². The highest BCUT2D eigenvalue weighted by atomic mass is 32.2. The van der Waals surface area contributed by atoms with Gasteiger partial charge in [-0.2, -0.15) is 4.31 Å². The first-order valence-electron chi connectivity index (χ1n) is 6.38. The molecule has 1 aromatic carbocycles. The van der Waals surface area contributed by atoms with Crippen molar-refractivity contribution < 1.29 is 17.2 Å². The SMILES string of the molecule is CC1(C)CCN(S(=O)(=O)c2cc(N)c(F)cc2F)CC1. The molecule has 1 saturated heterocycles. The monoisotopic (exact) mass is 304 g/mol. The number of nitrogens with two attached hydrogens (primary N) is 1. The Kier molecular flexibility index (Phi) is 3.77. The lowest BCUT2D eigenvalue weighted by Crippen LogP contribution is -2.41. The molecule has 20 heavy (non-hydrogen) atoms. The summed E-state index contributed by atoms with van der Waals surface area (Å²) in [6, 6.07) is 1.36. The second-order valence-corrected chi connectivity index (χ2v) is 7.78. The summed E-state index contributed by atoms with van der Waals surface area (Å²) in [6.07, 6.45) is 1.40. The first-order chi connectivity index (χ1) is 9.13. The van der Waals surface area contributed by atoms with E-state index in [2.05, 4.69) is 13.8 Å². The van der Waals surface area contributed by atoms with Crippen molar-refractivity contribution in [1.29, 1.82) is 0 Å². The minimum absolute atomic E-state index is 0.0758. The maximum Gasteiger partial charge on any atom is 0.246 e. The normalized spacial score (nSPS) is 20.0. The summed E-state index contributed by atoms with van der Waals surface area (Å²) in [4.78, 5) is -0.559. The average Bonchev–Trinajstić information content (AvgIpc) is 2.33. The summed E-state index contributed by atoms with van der Waals surface area (Å²) in [5, 5.41) is 0. The van der Waals surface area contributed by atoms with Crippen LogP contribution >= 0.6 is 0 Å². The zero-order valence-electron chi connectivity index (χ0n) is 11.5. The molecule has 0 saturated carbocycles. The van der Waals surface area contributed by atoms with E-state index in [0.717, 1.165) is 6.07 Å². The molecule has 4 nitrogen and oxygen atoms in total. The van der Waals surface area contributed by atoms with Gasteiger partial charge in [0.05, 0.1) is 5.69 Å². The van der Waals surface area contributed by atoms with E-state index in [-0.39, 0.29) is 11.1 Å². The second-order valence-electron chi connectivity index (χ2n) is 5.87. The molecular weight excluding hydrogens is 286 g/mol. The highest BCUT2D eigenvalue weighted by molar-refractivity contribution is 7.89. The van der Waals surface area contributed by atoms with E-state index in [1.54, 1.807) is 0 Å². The molecule has 1 aromatic rings. The third kappa shape index (κ3) is 2.78. The summed E-state index contributed by atoms with van der Waals surface area (Å²) >= 11 is 0. The van der Waals surface area contributed by atoms with E-state index in [1.165, 1.54) is 4.31 Å². The number of nitrogens with zero attached hydrogens (tertiary/aromatic N) is 1. The van der Waals surface area contributed by atoms with Crippen LogP contribution < -0.4 is 5.73 Å². The quantitative estimate of drug-likeness (QED) is 0.853. The smallest absolute Gasteiger partial charge is 0.246 e. The molecule has 0 amide bonds. The molecule has 1 aliphatic heterocycles. The molecule has 1 heterocycles. The Balaban J connectivity index is 2.34. The summed E-state index contributed by atoms with van der Waals surface area (Å²) in [5.41, 5.74) is 5.04. The van der Waals surface area contributed by atoms with E-state index >= 15 is 0 Å². The Bertz CT molecular complexity index is 620. The summed E-state index contributed by atoms with van der Waals surface area (Å²) in [6.45, 7) is 4.78. The van der Waals surface area contributed by atoms with Crippen LogP contribution in [-0.4, -0.2) is 25.8 Å². The van der Waals surface area contributed by atoms with Crippen molar-refractivity contribution in [2.75, 3.05) is 18.8 Å². The van der Waals surface area contributed by atoms with E-state index in [0.29, 0.717) is 32.0 Å². The van der Waals surface area contributed by atoms with Crippen LogP contribution in [0.1, 0.15) is 26.7 Å². The van der Waals surface area contributed by atoms with Crippen molar-refractivity contribution >= 4 is 15.7 Å². The number of hydrogen-bond donors (Lipinski definition) is 1. The number of benzene rings is 1. The summed E-state index contributed by atoms with van der Waals surface area (Å²) < 4.78 is 52.9. The zero-order valence-corrected chi connectivity index (χ0v) is 12.3. The Morgan fingerprint density at radius 2 is 1.70 bits per heavy atom. The maximum absolute atomic E-state index is 13.7. The number of sulfonamides is 1. The van der Waals surface area contributed by atoms with Gasteiger partial charge in [-0.05, 0) is 24.3 Å². The van der Waals surface area contributed by atoms with Crippen molar-refractivity contribution in [3.8, 4) is 0 Å². The van der Waals surface area contributed by atoms with Crippen molar-refractivity contribution in [2.24, 2.45) is 5.41 Å². The predicted octanol–water partition coefficient (Wildman–Crippen LogP) is 2.36. The lowest BCUT2D eigenvalue weighted by atomic mass is 9.83. The average molecular weight is 304 g/mol. The van der Waals surface area contributed by atoms with Gasteiger partial charge in [-0.1, -0.05) is 13.8 Å². The van der Waals surface area contributed by atoms with Crippen molar-refractivity contribution in [2.45, 2.75) is 31.6 Å². The molecule has 0 radical (unpaired) electrons. The summed E-state index contributed by atoms with van der Waals surface area (Å²) in [5.74, 6) is -2.07. The first-order valence-corrected chi connectivity index (χ1v) is 7.82. The molecule has 7 heteroatoms. The first kappa shape index (κ1) is 15.2. The molecule has 0 atom stereocenters. The Morgan fingerprint density at radius 3 is 2.25 bits per heavy atom. The second kappa shape index (κ2) is 4.96. The number of hydrogen-bond acceptors (Lipinski definition) is 3. The van der Waals surface area contributed by atoms with Gasteiger partial charge >= 0.3 is 0 Å². The summed E-state index contributed by atoms with van der Waals surface area (Å²) in [7, 11) is -3.97. The van der Waals surface area contributed by atoms with Crippen LogP contribution in [-0.2, 0) is 10.0 Å². The van der Waals surface area contributed by atoms with Gasteiger partial charge in [0.1, 0.15) is 16.5 Å². The standard InChI is InChI=1S/C13H18F2N2O2S/c1-13(2)3-5-17(6-4-13)20(18,19)12-8-11(16)9(14)7-10(12)15/h7-8H,3-6,16H2,1-2H3. The van der Waals surface area contributed by atoms with Crippen LogP contribution in [0.15, 0.2) is 17.0 Å². The van der Waals surface area contributed by atoms with Gasteiger partial charge in [0.15, 0.2) is 0 Å². The zero-order chi connectivity index (χ0) is 15.1. The fraction of sp³-hybridized carbons (Fsp3) is 0.538. The Hall–Kier alpha value is -1.21. The molecule has 2 N–H and O–H groups in total. The molecule has 112 valence electrons. The number of halogens is 2. The number of nitrogen functional groups attached to an aromatic ring is 1. The molecular formula is C13H18F2N2O2S. The van der Waals surface area contributed by atoms with Crippen LogP contribution in [0.4, 0.5) is 14.5 Å².